The summed E-state index contributed by atoms with van der Waals surface area (Å²) in [5.74, 6) is -1.62. The normalized spacial score (nSPS) is 12.2. The number of carboxylic acid groups (broad SMARTS) is 1. The second-order valence-corrected chi connectivity index (χ2v) is 25.7. The smallest absolute Gasteiger partial charge is 0.320 e. The summed E-state index contributed by atoms with van der Waals surface area (Å²) in [6, 6.07) is -1.77. The molecule has 0 aromatic carbocycles. The molecule has 35 heteroatoms. The Balaban J connectivity index is 3.22. The van der Waals surface area contributed by atoms with Crippen LogP contribution < -0.4 is 21.7 Å². The van der Waals surface area contributed by atoms with Gasteiger partial charge in [0.25, 0.3) is 0 Å². The summed E-state index contributed by atoms with van der Waals surface area (Å²) in [5.41, 5.74) is 5.45. The first kappa shape index (κ1) is 110. The summed E-state index contributed by atoms with van der Waals surface area (Å²) in [4.78, 5) is 47.2. The molecule has 0 saturated heterocycles. The maximum Gasteiger partial charge on any atom is 0.320 e. The van der Waals surface area contributed by atoms with Gasteiger partial charge in [-0.05, 0) is 32.1 Å². The minimum absolute atomic E-state index is 0.0445. The van der Waals surface area contributed by atoms with Crippen LogP contribution in [0.5, 0.6) is 0 Å². The maximum absolute atomic E-state index is 12.4. The van der Waals surface area contributed by atoms with Gasteiger partial charge in [-0.25, -0.2) is 0 Å². The predicted octanol–water partition coefficient (Wildman–Crippen LogP) is 3.65. The van der Waals surface area contributed by atoms with Crippen molar-refractivity contribution >= 4 is 23.7 Å². The first-order valence-electron chi connectivity index (χ1n) is 41.7. The summed E-state index contributed by atoms with van der Waals surface area (Å²) in [6.07, 6.45) is 16.6. The van der Waals surface area contributed by atoms with Gasteiger partial charge in [0.2, 0.25) is 17.7 Å². The van der Waals surface area contributed by atoms with E-state index < -0.39 is 24.3 Å². The van der Waals surface area contributed by atoms with Gasteiger partial charge in [-0.1, -0.05) is 84.0 Å². The number of hydrogen-bond acceptors (Lipinski definition) is 31. The van der Waals surface area contributed by atoms with Crippen LogP contribution >= 0.6 is 0 Å². The lowest BCUT2D eigenvalue weighted by Crippen LogP contribution is -2.44. The van der Waals surface area contributed by atoms with Crippen LogP contribution in [0.1, 0.15) is 135 Å². The molecule has 0 aliphatic heterocycles. The zero-order valence-electron chi connectivity index (χ0n) is 69.1. The Bertz CT molecular complexity index is 1930. The minimum atomic E-state index is -1.74. The second kappa shape index (κ2) is 95.9. The zero-order chi connectivity index (χ0) is 81.6. The minimum Gasteiger partial charge on any atom is -0.480 e. The SMILES string of the molecule is CCCCCCCCCCCCCCCC(=O)N[C@@H](CCC(=O)NCCOCCOCCOCCOCCOCCOCCOCCOCCOCCOCCOCCOCCOCCOCCOCCOCCOCCOCCOCCOCCOCCOCCOCCOCCC(=O)NCCCC[C@H](N)C(=O)O)C(O)O. The number of nitrogens with one attached hydrogen (secondary N) is 3. The fourth-order valence-electron chi connectivity index (χ4n) is 9.77. The van der Waals surface area contributed by atoms with Crippen molar-refractivity contribution in [2.45, 2.75) is 154 Å². The molecule has 8 N–H and O–H groups in total. The number of carbonyl (C=O) groups excluding carboxylic acids is 3. The van der Waals surface area contributed by atoms with Gasteiger partial charge < -0.3 is 151 Å². The van der Waals surface area contributed by atoms with Crippen molar-refractivity contribution in [3.05, 3.63) is 0 Å². The molecule has 0 heterocycles. The van der Waals surface area contributed by atoms with E-state index in [9.17, 15) is 29.4 Å². The molecule has 0 rings (SSSR count). The highest BCUT2D eigenvalue weighted by atomic mass is 16.6. The number of aliphatic carboxylic acids is 1. The Morgan fingerprint density at radius 3 is 0.717 bits per heavy atom. The summed E-state index contributed by atoms with van der Waals surface area (Å²) in [5, 5.41) is 36.5. The molecule has 113 heavy (non-hydrogen) atoms. The number of hydrogen-bond donors (Lipinski definition) is 7. The van der Waals surface area contributed by atoms with Gasteiger partial charge in [-0.15, -0.1) is 0 Å². The molecule has 35 nitrogen and oxygen atoms in total. The van der Waals surface area contributed by atoms with Crippen molar-refractivity contribution in [2.75, 3.05) is 330 Å². The fraction of sp³-hybridized carbons (Fsp3) is 0.949. The second-order valence-electron chi connectivity index (χ2n) is 25.7. The number of nitrogens with two attached hydrogens (primary N) is 1. The highest BCUT2D eigenvalue weighted by molar-refractivity contribution is 5.77. The van der Waals surface area contributed by atoms with E-state index in [1.54, 1.807) is 0 Å². The van der Waals surface area contributed by atoms with Crippen molar-refractivity contribution < 1.29 is 148 Å². The van der Waals surface area contributed by atoms with Crippen LogP contribution in [-0.4, -0.2) is 388 Å². The Kier molecular flexibility index (Phi) is 93.2. The molecule has 0 aromatic rings. The lowest BCUT2D eigenvalue weighted by Gasteiger charge is -2.20. The summed E-state index contributed by atoms with van der Waals surface area (Å²) >= 11 is 0. The molecule has 3 amide bonds. The van der Waals surface area contributed by atoms with E-state index in [1.165, 1.54) is 64.2 Å². The highest BCUT2D eigenvalue weighted by Gasteiger charge is 2.20. The number of carboxylic acids is 1. The van der Waals surface area contributed by atoms with Gasteiger partial charge in [0.15, 0.2) is 6.29 Å². The van der Waals surface area contributed by atoms with E-state index in [2.05, 4.69) is 22.9 Å². The molecule has 0 aliphatic carbocycles. The molecule has 0 aliphatic rings. The van der Waals surface area contributed by atoms with Crippen LogP contribution in [0.2, 0.25) is 0 Å². The van der Waals surface area contributed by atoms with E-state index >= 15 is 0 Å². The fourth-order valence-corrected chi connectivity index (χ4v) is 9.77. The van der Waals surface area contributed by atoms with E-state index in [0.29, 0.717) is 356 Å². The Morgan fingerprint density at radius 1 is 0.248 bits per heavy atom. The average molecular weight is 1640 g/mol. The van der Waals surface area contributed by atoms with Crippen LogP contribution in [-0.2, 0) is 133 Å². The van der Waals surface area contributed by atoms with E-state index in [0.717, 1.165) is 19.3 Å². The van der Waals surface area contributed by atoms with Crippen LogP contribution in [0.4, 0.5) is 0 Å². The first-order valence-corrected chi connectivity index (χ1v) is 41.7. The van der Waals surface area contributed by atoms with Gasteiger partial charge in [-0.2, -0.15) is 0 Å². The predicted molar refractivity (Wildman–Crippen MR) is 419 cm³/mol. The van der Waals surface area contributed by atoms with E-state index in [-0.39, 0.29) is 37.0 Å². The molecular formula is C78H154N4O31. The molecule has 0 spiro atoms. The lowest BCUT2D eigenvalue weighted by atomic mass is 10.0. The number of aliphatic hydroxyl groups excluding tert-OH is 1. The Hall–Kier alpha value is -3.20. The van der Waals surface area contributed by atoms with Crippen LogP contribution in [0.3, 0.4) is 0 Å². The molecule has 672 valence electrons. The first-order chi connectivity index (χ1) is 55.7. The van der Waals surface area contributed by atoms with E-state index in [4.69, 9.17) is 125 Å². The summed E-state index contributed by atoms with van der Waals surface area (Å²) < 4.78 is 132. The molecule has 0 unspecified atom stereocenters. The number of ether oxygens (including phenoxy) is 24. The summed E-state index contributed by atoms with van der Waals surface area (Å²) in [7, 11) is 0. The molecule has 0 radical (unpaired) electrons. The van der Waals surface area contributed by atoms with Crippen LogP contribution in [0.25, 0.3) is 0 Å². The van der Waals surface area contributed by atoms with Gasteiger partial charge in [0, 0.05) is 32.4 Å². The monoisotopic (exact) mass is 1640 g/mol. The van der Waals surface area contributed by atoms with Crippen LogP contribution in [0.15, 0.2) is 0 Å². The number of amides is 3. The van der Waals surface area contributed by atoms with Crippen molar-refractivity contribution in [2.24, 2.45) is 5.73 Å². The number of rotatable bonds is 100. The third kappa shape index (κ3) is 94.2. The number of carbonyl (C=O) groups is 4. The highest BCUT2D eigenvalue weighted by Crippen LogP contribution is 2.14. The van der Waals surface area contributed by atoms with Crippen molar-refractivity contribution in [1.82, 2.24) is 16.0 Å². The van der Waals surface area contributed by atoms with Crippen molar-refractivity contribution in [3.8, 4) is 0 Å². The third-order valence-corrected chi connectivity index (χ3v) is 16.1. The van der Waals surface area contributed by atoms with Crippen molar-refractivity contribution in [1.29, 1.82) is 0 Å². The van der Waals surface area contributed by atoms with Gasteiger partial charge in [0.1, 0.15) is 6.04 Å². The Morgan fingerprint density at radius 2 is 0.469 bits per heavy atom. The lowest BCUT2D eigenvalue weighted by molar-refractivity contribution is -0.138. The maximum atomic E-state index is 12.4. The third-order valence-electron chi connectivity index (χ3n) is 16.1. The Labute approximate surface area is 675 Å². The molecular weight excluding hydrogens is 1490 g/mol. The summed E-state index contributed by atoms with van der Waals surface area (Å²) in [6.45, 7) is 24.4. The zero-order valence-corrected chi connectivity index (χ0v) is 69.1. The molecule has 0 aromatic heterocycles. The standard InChI is InChI=1S/C78H154N4O31/c1-2-3-4-5-6-7-8-9-10-11-12-13-14-18-76(85)82-73(78(88)89)19-20-74(83)81-23-25-91-27-29-93-31-33-95-35-37-97-39-41-99-43-45-101-47-49-103-51-53-105-55-57-107-59-61-109-63-65-111-67-69-113-71-70-112-68-66-110-64-62-108-60-58-106-56-54-104-52-50-102-48-46-100-44-42-98-40-38-96-36-34-94-32-30-92-28-26-90-24-21-75(84)80-22-16-15-17-72(79)77(86)87/h72-73,78,88-89H,2-71,79H2,1H3,(H,80,84)(H,81,83)(H,82,85)(H,86,87)/t72-,73-/m0/s1. The van der Waals surface area contributed by atoms with Gasteiger partial charge >= 0.3 is 5.97 Å². The van der Waals surface area contributed by atoms with Crippen LogP contribution in [0, 0.1) is 0 Å². The number of aliphatic hydroxyl groups is 2. The molecule has 0 bridgehead atoms. The topological polar surface area (TPSA) is 413 Å². The number of unbranched alkanes of at least 4 members (excludes halogenated alkanes) is 13. The average Bonchev–Trinajstić information content (AvgIpc) is 0.932. The molecule has 0 fully saturated rings. The largest absolute Gasteiger partial charge is 0.480 e. The van der Waals surface area contributed by atoms with Gasteiger partial charge in [0.05, 0.1) is 323 Å². The van der Waals surface area contributed by atoms with Crippen molar-refractivity contribution in [3.63, 3.8) is 0 Å². The molecule has 2 atom stereocenters. The quantitative estimate of drug-likeness (QED) is 0.0337. The molecule has 0 saturated carbocycles. The van der Waals surface area contributed by atoms with Gasteiger partial charge in [-0.3, -0.25) is 19.2 Å². The van der Waals surface area contributed by atoms with E-state index in [1.807, 2.05) is 0 Å².